The molecule has 1 atom stereocenters. The van der Waals surface area contributed by atoms with Crippen LogP contribution in [0.4, 0.5) is 0 Å². The number of carbonyl (C=O) groups excluding carboxylic acids is 1. The highest BCUT2D eigenvalue weighted by Gasteiger charge is 2.26. The van der Waals surface area contributed by atoms with Gasteiger partial charge in [0.2, 0.25) is 10.0 Å². The molecule has 1 aliphatic rings. The number of hydrogen-bond acceptors (Lipinski definition) is 5. The number of nitrogens with zero attached hydrogens (tertiary/aromatic N) is 1. The first kappa shape index (κ1) is 18.9. The summed E-state index contributed by atoms with van der Waals surface area (Å²) in [6, 6.07) is 5.95. The molecule has 1 aromatic carbocycles. The normalized spacial score (nSPS) is 18.8. The highest BCUT2D eigenvalue weighted by Crippen LogP contribution is 2.21. The first-order valence-electron chi connectivity index (χ1n) is 7.68. The number of benzene rings is 1. The summed E-state index contributed by atoms with van der Waals surface area (Å²) in [5, 5.41) is 0. The molecule has 1 N–H and O–H groups in total. The molecule has 7 nitrogen and oxygen atoms in total. The van der Waals surface area contributed by atoms with Crippen molar-refractivity contribution in [3.63, 3.8) is 0 Å². The Labute approximate surface area is 143 Å². The van der Waals surface area contributed by atoms with Crippen LogP contribution in [-0.4, -0.2) is 58.8 Å². The fourth-order valence-electron chi connectivity index (χ4n) is 2.64. The van der Waals surface area contributed by atoms with Gasteiger partial charge >= 0.3 is 0 Å². The zero-order valence-electron chi connectivity index (χ0n) is 13.7. The van der Waals surface area contributed by atoms with Gasteiger partial charge in [0.05, 0.1) is 10.6 Å². The summed E-state index contributed by atoms with van der Waals surface area (Å²) in [6.07, 6.45) is 2.92. The van der Waals surface area contributed by atoms with Crippen LogP contribution in [0.3, 0.4) is 0 Å². The van der Waals surface area contributed by atoms with E-state index in [1.165, 1.54) is 18.2 Å². The van der Waals surface area contributed by atoms with Crippen LogP contribution in [0.2, 0.25) is 0 Å². The number of carbonyl (C=O) groups is 1. The minimum absolute atomic E-state index is 0.0475. The second-order valence-electron chi connectivity index (χ2n) is 6.05. The lowest BCUT2D eigenvalue weighted by molar-refractivity contribution is 0.0747. The van der Waals surface area contributed by atoms with Crippen LogP contribution in [0.5, 0.6) is 0 Å². The molecule has 1 saturated heterocycles. The maximum absolute atomic E-state index is 12.5. The molecule has 0 aromatic heterocycles. The number of nitrogens with one attached hydrogen (secondary N) is 1. The monoisotopic (exact) mass is 374 g/mol. The topological polar surface area (TPSA) is 101 Å². The number of sulfonamides is 1. The molecular weight excluding hydrogens is 352 g/mol. The molecule has 1 heterocycles. The minimum atomic E-state index is -3.86. The summed E-state index contributed by atoms with van der Waals surface area (Å²) in [5.74, 6) is -0.468. The average Bonchev–Trinajstić information content (AvgIpc) is 2.91. The van der Waals surface area contributed by atoms with Crippen molar-refractivity contribution in [1.82, 2.24) is 9.62 Å². The molecule has 134 valence electrons. The number of amides is 1. The number of likely N-dealkylation sites (tertiary alicyclic amines) is 1. The van der Waals surface area contributed by atoms with E-state index in [-0.39, 0.29) is 29.1 Å². The SMILES string of the molecule is CC1CCCN1C(=O)c1cccc(S(=O)(=O)NCCS(C)(=O)=O)c1. The summed E-state index contributed by atoms with van der Waals surface area (Å²) in [5.41, 5.74) is 0.315. The Hall–Kier alpha value is -1.45. The zero-order valence-corrected chi connectivity index (χ0v) is 15.4. The van der Waals surface area contributed by atoms with Gasteiger partial charge < -0.3 is 4.90 Å². The summed E-state index contributed by atoms with van der Waals surface area (Å²) >= 11 is 0. The minimum Gasteiger partial charge on any atom is -0.336 e. The van der Waals surface area contributed by atoms with Crippen molar-refractivity contribution in [2.45, 2.75) is 30.7 Å². The van der Waals surface area contributed by atoms with Gasteiger partial charge in [-0.2, -0.15) is 0 Å². The van der Waals surface area contributed by atoms with Gasteiger partial charge in [0.25, 0.3) is 5.91 Å². The van der Waals surface area contributed by atoms with Crippen LogP contribution in [0.25, 0.3) is 0 Å². The highest BCUT2D eigenvalue weighted by molar-refractivity contribution is 7.91. The fraction of sp³-hybridized carbons (Fsp3) is 0.533. The Balaban J connectivity index is 2.15. The molecule has 2 rings (SSSR count). The van der Waals surface area contributed by atoms with Crippen LogP contribution in [0.1, 0.15) is 30.1 Å². The van der Waals surface area contributed by atoms with Crippen molar-refractivity contribution >= 4 is 25.8 Å². The van der Waals surface area contributed by atoms with Gasteiger partial charge in [-0.05, 0) is 38.0 Å². The van der Waals surface area contributed by atoms with Gasteiger partial charge in [0.15, 0.2) is 0 Å². The molecule has 1 aliphatic heterocycles. The maximum atomic E-state index is 12.5. The Bertz CT molecular complexity index is 818. The van der Waals surface area contributed by atoms with Gasteiger partial charge in [-0.1, -0.05) is 6.07 Å². The molecule has 0 radical (unpaired) electrons. The lowest BCUT2D eigenvalue weighted by Gasteiger charge is -2.21. The van der Waals surface area contributed by atoms with Crippen LogP contribution in [0, 0.1) is 0 Å². The largest absolute Gasteiger partial charge is 0.336 e. The molecule has 1 unspecified atom stereocenters. The van der Waals surface area contributed by atoms with E-state index in [9.17, 15) is 21.6 Å². The molecule has 0 bridgehead atoms. The maximum Gasteiger partial charge on any atom is 0.254 e. The number of sulfone groups is 1. The lowest BCUT2D eigenvalue weighted by Crippen LogP contribution is -2.34. The molecular formula is C15H22N2O5S2. The van der Waals surface area contributed by atoms with E-state index in [0.29, 0.717) is 12.1 Å². The molecule has 0 saturated carbocycles. The van der Waals surface area contributed by atoms with Crippen molar-refractivity contribution in [3.8, 4) is 0 Å². The number of hydrogen-bond donors (Lipinski definition) is 1. The third-order valence-electron chi connectivity index (χ3n) is 3.97. The molecule has 0 spiro atoms. The summed E-state index contributed by atoms with van der Waals surface area (Å²) in [6.45, 7) is 2.43. The third kappa shape index (κ3) is 4.78. The van der Waals surface area contributed by atoms with Crippen LogP contribution >= 0.6 is 0 Å². The van der Waals surface area contributed by atoms with Crippen molar-refractivity contribution in [1.29, 1.82) is 0 Å². The van der Waals surface area contributed by atoms with E-state index < -0.39 is 19.9 Å². The summed E-state index contributed by atoms with van der Waals surface area (Å²) in [7, 11) is -7.12. The third-order valence-corrected chi connectivity index (χ3v) is 6.37. The van der Waals surface area contributed by atoms with Gasteiger partial charge in [-0.25, -0.2) is 21.6 Å². The van der Waals surface area contributed by atoms with Gasteiger partial charge in [0.1, 0.15) is 9.84 Å². The molecule has 24 heavy (non-hydrogen) atoms. The first-order chi connectivity index (χ1) is 11.1. The molecule has 0 aliphatic carbocycles. The van der Waals surface area contributed by atoms with E-state index in [1.54, 1.807) is 11.0 Å². The Morgan fingerprint density at radius 1 is 1.29 bits per heavy atom. The van der Waals surface area contributed by atoms with E-state index in [1.807, 2.05) is 6.92 Å². The Kier molecular flexibility index (Phi) is 5.67. The van der Waals surface area contributed by atoms with E-state index in [4.69, 9.17) is 0 Å². The van der Waals surface area contributed by atoms with E-state index >= 15 is 0 Å². The predicted octanol–water partition coefficient (Wildman–Crippen LogP) is 0.634. The lowest BCUT2D eigenvalue weighted by atomic mass is 10.2. The van der Waals surface area contributed by atoms with Crippen molar-refractivity contribution in [3.05, 3.63) is 29.8 Å². The first-order valence-corrected chi connectivity index (χ1v) is 11.2. The Morgan fingerprint density at radius 2 is 2.00 bits per heavy atom. The zero-order chi connectivity index (χ0) is 18.0. The van der Waals surface area contributed by atoms with Crippen molar-refractivity contribution < 1.29 is 21.6 Å². The van der Waals surface area contributed by atoms with Gasteiger partial charge in [0, 0.05) is 31.0 Å². The highest BCUT2D eigenvalue weighted by atomic mass is 32.2. The van der Waals surface area contributed by atoms with Crippen LogP contribution in [-0.2, 0) is 19.9 Å². The molecule has 1 fully saturated rings. The average molecular weight is 374 g/mol. The van der Waals surface area contributed by atoms with Crippen LogP contribution in [0.15, 0.2) is 29.2 Å². The van der Waals surface area contributed by atoms with E-state index in [2.05, 4.69) is 4.72 Å². The quantitative estimate of drug-likeness (QED) is 0.787. The standard InChI is InChI=1S/C15H22N2O5S2/c1-12-5-4-9-17(12)15(18)13-6-3-7-14(11-13)24(21,22)16-8-10-23(2,19)20/h3,6-7,11-12,16H,4-5,8-10H2,1-2H3. The molecule has 9 heteroatoms. The fourth-order valence-corrected chi connectivity index (χ4v) is 4.32. The van der Waals surface area contributed by atoms with Crippen LogP contribution < -0.4 is 4.72 Å². The summed E-state index contributed by atoms with van der Waals surface area (Å²) in [4.78, 5) is 14.2. The molecule has 1 amide bonds. The van der Waals surface area contributed by atoms with Gasteiger partial charge in [-0.3, -0.25) is 4.79 Å². The van der Waals surface area contributed by atoms with E-state index in [0.717, 1.165) is 19.1 Å². The van der Waals surface area contributed by atoms with Crippen molar-refractivity contribution in [2.75, 3.05) is 25.1 Å². The second-order valence-corrected chi connectivity index (χ2v) is 10.1. The molecule has 1 aromatic rings. The number of rotatable bonds is 6. The van der Waals surface area contributed by atoms with Gasteiger partial charge in [-0.15, -0.1) is 0 Å². The summed E-state index contributed by atoms with van der Waals surface area (Å²) < 4.78 is 48.9. The Morgan fingerprint density at radius 3 is 2.58 bits per heavy atom. The smallest absolute Gasteiger partial charge is 0.254 e. The second kappa shape index (κ2) is 7.20. The predicted molar refractivity (Wildman–Crippen MR) is 91.1 cm³/mol. The van der Waals surface area contributed by atoms with Crippen molar-refractivity contribution in [2.24, 2.45) is 0 Å².